The second-order valence-corrected chi connectivity index (χ2v) is 15.6. The van der Waals surface area contributed by atoms with Crippen LogP contribution in [0.15, 0.2) is 0 Å². The highest BCUT2D eigenvalue weighted by Crippen LogP contribution is 2.37. The van der Waals surface area contributed by atoms with E-state index in [0.717, 1.165) is 32.1 Å². The van der Waals surface area contributed by atoms with Crippen molar-refractivity contribution in [3.63, 3.8) is 0 Å². The van der Waals surface area contributed by atoms with Crippen LogP contribution in [0.2, 0.25) is 0 Å². The predicted molar refractivity (Wildman–Crippen MR) is 227 cm³/mol. The molecule has 0 radical (unpaired) electrons. The van der Waals surface area contributed by atoms with E-state index in [0.29, 0.717) is 56.9 Å². The lowest BCUT2D eigenvalue weighted by Gasteiger charge is -2.43. The Labute approximate surface area is 360 Å². The summed E-state index contributed by atoms with van der Waals surface area (Å²) in [4.78, 5) is 46.1. The second-order valence-electron chi connectivity index (χ2n) is 15.6. The largest absolute Gasteiger partial charge is 0.481 e. The minimum absolute atomic E-state index is 0. The number of carboxylic acids is 1. The van der Waals surface area contributed by atoms with Crippen molar-refractivity contribution in [3.05, 3.63) is 0 Å². The number of nitrogens with one attached hydrogen (secondary N) is 1. The fraction of sp³-hybridized carbons (Fsp3) is 0.907. The Kier molecular flexibility index (Phi) is 35.8. The van der Waals surface area contributed by atoms with Gasteiger partial charge >= 0.3 is 17.9 Å². The Morgan fingerprint density at radius 2 is 0.967 bits per heavy atom. The highest BCUT2D eigenvalue weighted by atomic mass is 16.7. The fourth-order valence-corrected chi connectivity index (χ4v) is 6.69. The average Bonchev–Trinajstić information content (AvgIpc) is 3.19. The monoisotopic (exact) mass is 869 g/mol. The number of unbranched alkanes of at least 4 members (excludes halogenated alkanes) is 4. The van der Waals surface area contributed by atoms with Crippen LogP contribution >= 0.6 is 0 Å². The molecule has 2 saturated heterocycles. The number of aliphatic hydroxyl groups excluding tert-OH is 4. The van der Waals surface area contributed by atoms with Gasteiger partial charge in [0.15, 0.2) is 12.6 Å². The number of carbonyl (C=O) groups is 4. The maximum atomic E-state index is 12.1. The third-order valence-corrected chi connectivity index (χ3v) is 11.2. The molecule has 17 nitrogen and oxygen atoms in total. The van der Waals surface area contributed by atoms with Crippen LogP contribution < -0.4 is 5.32 Å². The number of esters is 2. The lowest BCUT2D eigenvalue weighted by molar-refractivity contribution is -0.255. The van der Waals surface area contributed by atoms with E-state index in [2.05, 4.69) is 46.9 Å². The summed E-state index contributed by atoms with van der Waals surface area (Å²) in [5.41, 5.74) is 0. The minimum atomic E-state index is -0.758. The van der Waals surface area contributed by atoms with Gasteiger partial charge < -0.3 is 64.2 Å². The van der Waals surface area contributed by atoms with Crippen LogP contribution in [0.1, 0.15) is 114 Å². The quantitative estimate of drug-likeness (QED) is 0.0538. The Morgan fingerprint density at radius 3 is 1.32 bits per heavy atom. The summed E-state index contributed by atoms with van der Waals surface area (Å²) in [6, 6.07) is 0. The molecule has 0 aliphatic carbocycles. The van der Waals surface area contributed by atoms with Gasteiger partial charge in [-0.15, -0.1) is 0 Å². The lowest BCUT2D eigenvalue weighted by atomic mass is 9.79. The van der Waals surface area contributed by atoms with Crippen molar-refractivity contribution in [2.75, 3.05) is 79.0 Å². The summed E-state index contributed by atoms with van der Waals surface area (Å²) >= 11 is 0. The highest BCUT2D eigenvalue weighted by molar-refractivity contribution is 5.76. The molecule has 6 N–H and O–H groups in total. The van der Waals surface area contributed by atoms with E-state index >= 15 is 0 Å². The number of aliphatic hydroxyl groups is 4. The number of carboxylic acid groups (broad SMARTS) is 1. The van der Waals surface area contributed by atoms with Crippen LogP contribution in [0, 0.1) is 35.5 Å². The van der Waals surface area contributed by atoms with Crippen LogP contribution in [0.3, 0.4) is 0 Å². The SMILES string of the molecule is C.CC(=O)OCC1O[C@@H](OCCCCCC(=O)N(CCO)CCO)C(C)[C@@H](C)[C@H]1C.CC(=O)OCC1O[C@@H](OCCCCCC(=O)O)C(C)[C@@H](C)[C@H]1C.OCCNCCO. The van der Waals surface area contributed by atoms with Crippen molar-refractivity contribution in [2.24, 2.45) is 35.5 Å². The molecule has 0 spiro atoms. The zero-order valence-corrected chi connectivity index (χ0v) is 37.2. The molecule has 10 atom stereocenters. The van der Waals surface area contributed by atoms with Crippen LogP contribution in [-0.2, 0) is 47.6 Å². The smallest absolute Gasteiger partial charge is 0.303 e. The minimum Gasteiger partial charge on any atom is -0.481 e. The standard InChI is InChI=1S/C21H39NO7.C17H30O6.C4H11NO2.CH4/c1-15-16(2)19(14-28-18(4)25)29-21(17(15)3)27-13-7-5-6-8-20(26)22(9-11-23)10-12-24;1-11-12(2)15(10-22-14(4)18)23-17(13(11)3)21-9-7-5-6-8-16(19)20;6-3-1-5-2-4-7;/h15-17,19,21,23-24H,5-14H2,1-4H3;11-13,15,17H,5-10H2,1-4H3,(H,19,20);5-7H,1-4H2;1H4/t15-,16+,17?,19?,21+;11-,12+,13?,15?,17+;;/m00../s1. The average molecular weight is 869 g/mol. The molecule has 4 unspecified atom stereocenters. The molecule has 2 aliphatic rings. The fourth-order valence-electron chi connectivity index (χ4n) is 6.69. The number of ether oxygens (including phenoxy) is 6. The topological polar surface area (TPSA) is 240 Å². The maximum Gasteiger partial charge on any atom is 0.303 e. The molecule has 60 heavy (non-hydrogen) atoms. The summed E-state index contributed by atoms with van der Waals surface area (Å²) in [7, 11) is 0. The second kappa shape index (κ2) is 36.0. The first kappa shape index (κ1) is 59.6. The van der Waals surface area contributed by atoms with Gasteiger partial charge in [0.05, 0.1) is 38.6 Å². The van der Waals surface area contributed by atoms with Gasteiger partial charge in [-0.05, 0) is 49.4 Å². The van der Waals surface area contributed by atoms with E-state index in [4.69, 9.17) is 54.0 Å². The number of carbonyl (C=O) groups excluding carboxylic acids is 3. The Morgan fingerprint density at radius 1 is 0.567 bits per heavy atom. The van der Waals surface area contributed by atoms with E-state index in [1.165, 1.54) is 18.7 Å². The lowest BCUT2D eigenvalue weighted by Crippen LogP contribution is -2.47. The van der Waals surface area contributed by atoms with Gasteiger partial charge in [0.2, 0.25) is 5.91 Å². The molecule has 17 heteroatoms. The third-order valence-electron chi connectivity index (χ3n) is 11.2. The van der Waals surface area contributed by atoms with E-state index in [1.807, 2.05) is 0 Å². The number of hydrogen-bond acceptors (Lipinski definition) is 15. The first-order valence-electron chi connectivity index (χ1n) is 21.5. The van der Waals surface area contributed by atoms with Gasteiger partial charge in [-0.2, -0.15) is 0 Å². The summed E-state index contributed by atoms with van der Waals surface area (Å²) in [5.74, 6) is 0.440. The number of rotatable bonds is 26. The Balaban J connectivity index is 0. The summed E-state index contributed by atoms with van der Waals surface area (Å²) in [5, 5.41) is 45.6. The van der Waals surface area contributed by atoms with E-state index in [1.54, 1.807) is 0 Å². The van der Waals surface area contributed by atoms with Crippen molar-refractivity contribution in [1.29, 1.82) is 0 Å². The number of hydrogen-bond donors (Lipinski definition) is 6. The molecular weight excluding hydrogens is 784 g/mol. The molecular formula is C43H84N2O15. The molecule has 356 valence electrons. The van der Waals surface area contributed by atoms with Gasteiger partial charge in [-0.3, -0.25) is 19.2 Å². The molecule has 1 amide bonds. The molecule has 0 bridgehead atoms. The van der Waals surface area contributed by atoms with Gasteiger partial charge in [0.25, 0.3) is 0 Å². The molecule has 2 rings (SSSR count). The normalized spacial score (nSPS) is 25.9. The van der Waals surface area contributed by atoms with Gasteiger partial charge in [-0.25, -0.2) is 0 Å². The Hall–Kier alpha value is -2.48. The number of nitrogens with zero attached hydrogens (tertiary/aromatic N) is 1. The first-order chi connectivity index (χ1) is 28.0. The maximum absolute atomic E-state index is 12.1. The van der Waals surface area contributed by atoms with Crippen LogP contribution in [0.25, 0.3) is 0 Å². The number of aliphatic carboxylic acids is 1. The summed E-state index contributed by atoms with van der Waals surface area (Å²) in [6.45, 7) is 18.9. The molecule has 0 aromatic rings. The van der Waals surface area contributed by atoms with Crippen molar-refractivity contribution in [3.8, 4) is 0 Å². The summed E-state index contributed by atoms with van der Waals surface area (Å²) < 4.78 is 34.1. The highest BCUT2D eigenvalue weighted by Gasteiger charge is 2.41. The van der Waals surface area contributed by atoms with E-state index < -0.39 is 5.97 Å². The van der Waals surface area contributed by atoms with Crippen molar-refractivity contribution in [1.82, 2.24) is 10.2 Å². The Bertz CT molecular complexity index is 1110. The van der Waals surface area contributed by atoms with Gasteiger partial charge in [0.1, 0.15) is 13.2 Å². The zero-order valence-electron chi connectivity index (χ0n) is 37.2. The van der Waals surface area contributed by atoms with Gasteiger partial charge in [0, 0.05) is 77.9 Å². The van der Waals surface area contributed by atoms with Crippen molar-refractivity contribution < 1.29 is 73.1 Å². The van der Waals surface area contributed by atoms with Crippen molar-refractivity contribution in [2.45, 2.75) is 139 Å². The van der Waals surface area contributed by atoms with Gasteiger partial charge in [-0.1, -0.05) is 61.8 Å². The predicted octanol–water partition coefficient (Wildman–Crippen LogP) is 3.61. The van der Waals surface area contributed by atoms with E-state index in [9.17, 15) is 19.2 Å². The molecule has 2 heterocycles. The first-order valence-corrected chi connectivity index (χ1v) is 21.5. The molecule has 0 aromatic carbocycles. The zero-order chi connectivity index (χ0) is 44.8. The van der Waals surface area contributed by atoms with Crippen molar-refractivity contribution >= 4 is 23.8 Å². The summed E-state index contributed by atoms with van der Waals surface area (Å²) in [6.07, 6.45) is 4.37. The number of amides is 1. The molecule has 0 aromatic heterocycles. The molecule has 0 saturated carbocycles. The van der Waals surface area contributed by atoms with E-state index in [-0.39, 0.29) is 127 Å². The van der Waals surface area contributed by atoms with Crippen LogP contribution in [-0.4, -0.2) is 158 Å². The third kappa shape index (κ3) is 26.1. The molecule has 2 aliphatic heterocycles. The van der Waals surface area contributed by atoms with Crippen LogP contribution in [0.5, 0.6) is 0 Å². The van der Waals surface area contributed by atoms with Crippen LogP contribution in [0.4, 0.5) is 0 Å². The molecule has 2 fully saturated rings.